The molecule has 39 heavy (non-hydrogen) atoms. The van der Waals surface area contributed by atoms with E-state index in [4.69, 9.17) is 19.9 Å². The molecule has 0 saturated carbocycles. The Kier molecular flexibility index (Phi) is 10.2. The van der Waals surface area contributed by atoms with Crippen LogP contribution in [0.3, 0.4) is 0 Å². The summed E-state index contributed by atoms with van der Waals surface area (Å²) < 4.78 is 16.7. The second-order valence-corrected chi connectivity index (χ2v) is 10.4. The van der Waals surface area contributed by atoms with Gasteiger partial charge in [-0.05, 0) is 49.9 Å². The zero-order valence-corrected chi connectivity index (χ0v) is 23.0. The number of amides is 1. The van der Waals surface area contributed by atoms with Gasteiger partial charge in [-0.25, -0.2) is 4.99 Å². The van der Waals surface area contributed by atoms with Gasteiger partial charge in [-0.1, -0.05) is 13.3 Å². The molecule has 3 heterocycles. The Hall–Kier alpha value is -3.18. The van der Waals surface area contributed by atoms with E-state index in [1.165, 1.54) is 0 Å². The van der Waals surface area contributed by atoms with E-state index in [1.54, 1.807) is 13.4 Å². The quantitative estimate of drug-likeness (QED) is 0.365. The minimum Gasteiger partial charge on any atom is -0.493 e. The van der Waals surface area contributed by atoms with Crippen molar-refractivity contribution in [2.45, 2.75) is 63.5 Å². The van der Waals surface area contributed by atoms with E-state index in [-0.39, 0.29) is 37.2 Å². The van der Waals surface area contributed by atoms with E-state index in [0.29, 0.717) is 56.3 Å². The van der Waals surface area contributed by atoms with Crippen LogP contribution in [0, 0.1) is 5.92 Å². The van der Waals surface area contributed by atoms with Crippen LogP contribution in [0.2, 0.25) is 0 Å². The molecule has 1 fully saturated rings. The van der Waals surface area contributed by atoms with Gasteiger partial charge in [-0.2, -0.15) is 0 Å². The number of aliphatic imine (C=N–C) groups is 2. The Morgan fingerprint density at radius 2 is 2.05 bits per heavy atom. The molecule has 1 amide bonds. The van der Waals surface area contributed by atoms with Gasteiger partial charge >= 0.3 is 5.97 Å². The summed E-state index contributed by atoms with van der Waals surface area (Å²) in [6, 6.07) is 3.42. The second kappa shape index (κ2) is 13.7. The number of methoxy groups -OCH3 is 1. The normalized spacial score (nSPS) is 23.8. The SMILES string of the molecule is CCCCN(CCCN)C(=O)CN1C[C@H](c2cc(OC)c3c(c2)OCO3)[C@@H](C(=O)O)[C@@H]1CCC1CC=NC=N1. The maximum atomic E-state index is 13.5. The zero-order chi connectivity index (χ0) is 27.8. The number of nitrogens with two attached hydrogens (primary N) is 1. The maximum absolute atomic E-state index is 13.5. The molecule has 3 N–H and O–H groups in total. The van der Waals surface area contributed by atoms with Gasteiger partial charge in [0.2, 0.25) is 18.4 Å². The first kappa shape index (κ1) is 28.8. The van der Waals surface area contributed by atoms with Crippen molar-refractivity contribution in [3.05, 3.63) is 17.7 Å². The molecule has 214 valence electrons. The number of unbranched alkanes of at least 4 members (excludes halogenated alkanes) is 1. The van der Waals surface area contributed by atoms with Crippen LogP contribution in [-0.2, 0) is 9.59 Å². The Bertz CT molecular complexity index is 1060. The van der Waals surface area contributed by atoms with Crippen molar-refractivity contribution in [2.75, 3.05) is 46.6 Å². The van der Waals surface area contributed by atoms with E-state index < -0.39 is 11.9 Å². The van der Waals surface area contributed by atoms with E-state index in [9.17, 15) is 14.7 Å². The van der Waals surface area contributed by atoms with Gasteiger partial charge in [0, 0.05) is 44.2 Å². The number of carbonyl (C=O) groups is 2. The lowest BCUT2D eigenvalue weighted by Crippen LogP contribution is -2.45. The minimum absolute atomic E-state index is 0.0118. The Labute approximate surface area is 230 Å². The number of likely N-dealkylation sites (tertiary alicyclic amines) is 1. The number of nitrogens with zero attached hydrogens (tertiary/aromatic N) is 4. The van der Waals surface area contributed by atoms with Crippen molar-refractivity contribution >= 4 is 24.4 Å². The summed E-state index contributed by atoms with van der Waals surface area (Å²) in [5.41, 5.74) is 6.54. The fourth-order valence-electron chi connectivity index (χ4n) is 5.80. The molecule has 1 saturated heterocycles. The molecule has 4 rings (SSSR count). The number of carbonyl (C=O) groups excluding carboxylic acids is 1. The molecule has 0 radical (unpaired) electrons. The summed E-state index contributed by atoms with van der Waals surface area (Å²) in [5, 5.41) is 10.5. The Balaban J connectivity index is 1.61. The summed E-state index contributed by atoms with van der Waals surface area (Å²) in [6.07, 6.45) is 8.08. The molecular weight excluding hydrogens is 502 g/mol. The number of fused-ring (bicyclic) bond motifs is 1. The van der Waals surface area contributed by atoms with Gasteiger partial charge < -0.3 is 30.0 Å². The third-order valence-corrected chi connectivity index (χ3v) is 7.87. The van der Waals surface area contributed by atoms with Crippen molar-refractivity contribution in [3.8, 4) is 17.2 Å². The predicted molar refractivity (Wildman–Crippen MR) is 148 cm³/mol. The van der Waals surface area contributed by atoms with Crippen LogP contribution in [0.25, 0.3) is 0 Å². The van der Waals surface area contributed by atoms with Gasteiger partial charge in [0.25, 0.3) is 0 Å². The highest BCUT2D eigenvalue weighted by Crippen LogP contribution is 2.47. The highest BCUT2D eigenvalue weighted by Gasteiger charge is 2.47. The van der Waals surface area contributed by atoms with E-state index >= 15 is 0 Å². The van der Waals surface area contributed by atoms with Crippen LogP contribution in [0.15, 0.2) is 22.1 Å². The van der Waals surface area contributed by atoms with E-state index in [1.807, 2.05) is 23.2 Å². The van der Waals surface area contributed by atoms with Gasteiger partial charge in [0.15, 0.2) is 11.5 Å². The van der Waals surface area contributed by atoms with Gasteiger partial charge in [0.1, 0.15) is 6.34 Å². The number of carboxylic acids is 1. The molecule has 11 nitrogen and oxygen atoms in total. The van der Waals surface area contributed by atoms with Gasteiger partial charge in [-0.3, -0.25) is 19.5 Å². The number of rotatable bonds is 14. The molecule has 0 bridgehead atoms. The van der Waals surface area contributed by atoms with Crippen molar-refractivity contribution < 1.29 is 28.9 Å². The average molecular weight is 544 g/mol. The number of hydrogen-bond donors (Lipinski definition) is 2. The molecule has 0 aromatic heterocycles. The van der Waals surface area contributed by atoms with E-state index in [2.05, 4.69) is 21.8 Å². The first-order chi connectivity index (χ1) is 19.0. The van der Waals surface area contributed by atoms with Crippen molar-refractivity contribution in [3.63, 3.8) is 0 Å². The third kappa shape index (κ3) is 6.88. The number of aliphatic carboxylic acids is 1. The molecule has 1 aromatic rings. The first-order valence-electron chi connectivity index (χ1n) is 13.9. The van der Waals surface area contributed by atoms with Crippen LogP contribution in [0.4, 0.5) is 0 Å². The molecule has 0 spiro atoms. The molecule has 1 unspecified atom stereocenters. The summed E-state index contributed by atoms with van der Waals surface area (Å²) in [7, 11) is 1.55. The highest BCUT2D eigenvalue weighted by atomic mass is 16.7. The van der Waals surface area contributed by atoms with Gasteiger partial charge in [0.05, 0.1) is 25.6 Å². The Morgan fingerprint density at radius 1 is 1.23 bits per heavy atom. The maximum Gasteiger partial charge on any atom is 0.308 e. The number of ether oxygens (including phenoxy) is 3. The smallest absolute Gasteiger partial charge is 0.308 e. The largest absolute Gasteiger partial charge is 0.493 e. The fraction of sp³-hybridized carbons (Fsp3) is 0.643. The lowest BCUT2D eigenvalue weighted by Gasteiger charge is -2.30. The lowest BCUT2D eigenvalue weighted by molar-refractivity contribution is -0.144. The Morgan fingerprint density at radius 3 is 2.74 bits per heavy atom. The first-order valence-corrected chi connectivity index (χ1v) is 13.9. The summed E-state index contributed by atoms with van der Waals surface area (Å²) in [5.74, 6) is -0.348. The second-order valence-electron chi connectivity index (χ2n) is 10.4. The van der Waals surface area contributed by atoms with Crippen LogP contribution in [0.1, 0.15) is 56.9 Å². The lowest BCUT2D eigenvalue weighted by atomic mass is 9.83. The molecule has 3 aliphatic rings. The minimum atomic E-state index is -0.878. The molecule has 3 aliphatic heterocycles. The van der Waals surface area contributed by atoms with Crippen LogP contribution in [-0.4, -0.2) is 98.0 Å². The van der Waals surface area contributed by atoms with Crippen molar-refractivity contribution in [1.82, 2.24) is 9.80 Å². The summed E-state index contributed by atoms with van der Waals surface area (Å²) >= 11 is 0. The molecule has 11 heteroatoms. The molecule has 1 aromatic carbocycles. The zero-order valence-electron chi connectivity index (χ0n) is 23.0. The predicted octanol–water partition coefficient (Wildman–Crippen LogP) is 2.52. The van der Waals surface area contributed by atoms with Crippen LogP contribution >= 0.6 is 0 Å². The highest BCUT2D eigenvalue weighted by molar-refractivity contribution is 5.79. The molecule has 0 aliphatic carbocycles. The standard InChI is InChI=1S/C28H41N5O6/c1-3-4-11-32(12-5-9-29)25(34)16-33-15-21(19-13-23(37-2)27-24(14-19)38-18-39-27)26(28(35)36)22(33)7-6-20-8-10-30-17-31-20/h10,13-14,17,20-22,26H,3-9,11-12,15-16,18,29H2,1-2H3,(H,35,36)/t20?,21-,22+,26-/m1/s1. The number of carboxylic acid groups (broad SMARTS) is 1. The van der Waals surface area contributed by atoms with E-state index in [0.717, 1.165) is 31.2 Å². The molecular formula is C28H41N5O6. The number of benzene rings is 1. The molecule has 4 atom stereocenters. The van der Waals surface area contributed by atoms with Crippen LogP contribution < -0.4 is 19.9 Å². The average Bonchev–Trinajstić information content (AvgIpc) is 3.56. The fourth-order valence-corrected chi connectivity index (χ4v) is 5.80. The number of hydrogen-bond acceptors (Lipinski definition) is 9. The topological polar surface area (TPSA) is 139 Å². The third-order valence-electron chi connectivity index (χ3n) is 7.87. The van der Waals surface area contributed by atoms with Crippen LogP contribution in [0.5, 0.6) is 17.2 Å². The van der Waals surface area contributed by atoms with Crippen molar-refractivity contribution in [1.29, 1.82) is 0 Å². The monoisotopic (exact) mass is 543 g/mol. The van der Waals surface area contributed by atoms with Crippen molar-refractivity contribution in [2.24, 2.45) is 21.6 Å². The van der Waals surface area contributed by atoms with Gasteiger partial charge in [-0.15, -0.1) is 0 Å². The summed E-state index contributed by atoms with van der Waals surface area (Å²) in [6.45, 7) is 4.59. The summed E-state index contributed by atoms with van der Waals surface area (Å²) in [4.78, 5) is 38.8.